The fourth-order valence-corrected chi connectivity index (χ4v) is 4.25. The molecule has 2 aromatic rings. The first-order chi connectivity index (χ1) is 12.5. The van der Waals surface area contributed by atoms with Gasteiger partial charge in [0.2, 0.25) is 0 Å². The summed E-state index contributed by atoms with van der Waals surface area (Å²) in [6.07, 6.45) is 2.46. The molecule has 1 aromatic heterocycles. The van der Waals surface area contributed by atoms with Crippen LogP contribution in [0.25, 0.3) is 6.08 Å². The number of carboxylic acid groups (broad SMARTS) is 1. The average molecular weight is 389 g/mol. The number of nitrogens with one attached hydrogen (secondary N) is 1. The average Bonchev–Trinajstić information content (AvgIpc) is 3.19. The third-order valence-corrected chi connectivity index (χ3v) is 5.69. The summed E-state index contributed by atoms with van der Waals surface area (Å²) < 4.78 is 5.08. The SMILES string of the molecule is CCc1nnc(C2C(=N)SC(=Cc3ccc(OCC(=O)O)cc3)C2=O)s1. The molecule has 3 rings (SSSR count). The smallest absolute Gasteiger partial charge is 0.341 e. The fraction of sp³-hybridized carbons (Fsp3) is 0.235. The van der Waals surface area contributed by atoms with E-state index in [-0.39, 0.29) is 10.8 Å². The zero-order chi connectivity index (χ0) is 18.7. The summed E-state index contributed by atoms with van der Waals surface area (Å²) in [7, 11) is 0. The lowest BCUT2D eigenvalue weighted by atomic mass is 10.1. The van der Waals surface area contributed by atoms with Gasteiger partial charge >= 0.3 is 5.97 Å². The van der Waals surface area contributed by atoms with Crippen LogP contribution in [0.1, 0.15) is 28.4 Å². The first-order valence-corrected chi connectivity index (χ1v) is 9.40. The Bertz CT molecular complexity index is 890. The number of aliphatic carboxylic acids is 1. The van der Waals surface area contributed by atoms with Gasteiger partial charge < -0.3 is 9.84 Å². The van der Waals surface area contributed by atoms with Gasteiger partial charge in [0.25, 0.3) is 0 Å². The van der Waals surface area contributed by atoms with Crippen LogP contribution in [-0.4, -0.2) is 38.7 Å². The van der Waals surface area contributed by atoms with E-state index in [0.717, 1.165) is 28.8 Å². The molecule has 2 N–H and O–H groups in total. The van der Waals surface area contributed by atoms with Crippen LogP contribution in [-0.2, 0) is 16.0 Å². The highest BCUT2D eigenvalue weighted by Crippen LogP contribution is 2.41. The molecular weight excluding hydrogens is 374 g/mol. The second-order valence-corrected chi connectivity index (χ2v) is 7.59. The quantitative estimate of drug-likeness (QED) is 0.730. The van der Waals surface area contributed by atoms with Crippen molar-refractivity contribution in [1.29, 1.82) is 5.41 Å². The third kappa shape index (κ3) is 4.00. The highest BCUT2D eigenvalue weighted by molar-refractivity contribution is 8.19. The molecule has 1 aromatic carbocycles. The Balaban J connectivity index is 1.76. The van der Waals surface area contributed by atoms with Gasteiger partial charge in [0, 0.05) is 0 Å². The number of Topliss-reactive ketones (excluding diaryl/α,β-unsaturated/α-hetero) is 1. The minimum absolute atomic E-state index is 0.148. The number of rotatable bonds is 6. The molecule has 0 aliphatic carbocycles. The van der Waals surface area contributed by atoms with E-state index < -0.39 is 18.5 Å². The van der Waals surface area contributed by atoms with E-state index in [4.69, 9.17) is 15.3 Å². The molecule has 0 spiro atoms. The van der Waals surface area contributed by atoms with Crippen molar-refractivity contribution in [3.63, 3.8) is 0 Å². The largest absolute Gasteiger partial charge is 0.482 e. The Kier molecular flexibility index (Phi) is 5.48. The maximum Gasteiger partial charge on any atom is 0.341 e. The number of thioether (sulfide) groups is 1. The number of carbonyl (C=O) groups excluding carboxylic acids is 1. The van der Waals surface area contributed by atoms with E-state index in [1.807, 2.05) is 6.92 Å². The highest BCUT2D eigenvalue weighted by Gasteiger charge is 2.39. The second-order valence-electron chi connectivity index (χ2n) is 5.41. The molecule has 0 bridgehead atoms. The van der Waals surface area contributed by atoms with E-state index in [1.54, 1.807) is 30.3 Å². The Morgan fingerprint density at radius 3 is 2.69 bits per heavy atom. The number of carboxylic acids is 1. The summed E-state index contributed by atoms with van der Waals surface area (Å²) in [4.78, 5) is 23.7. The van der Waals surface area contributed by atoms with Crippen molar-refractivity contribution in [2.24, 2.45) is 0 Å². The molecule has 9 heteroatoms. The minimum Gasteiger partial charge on any atom is -0.482 e. The van der Waals surface area contributed by atoms with Crippen LogP contribution in [0.3, 0.4) is 0 Å². The normalized spacial score (nSPS) is 18.5. The summed E-state index contributed by atoms with van der Waals surface area (Å²) >= 11 is 2.50. The maximum absolute atomic E-state index is 12.7. The predicted octanol–water partition coefficient (Wildman–Crippen LogP) is 2.98. The molecule has 1 aliphatic rings. The zero-order valence-electron chi connectivity index (χ0n) is 13.8. The number of nitrogens with zero attached hydrogens (tertiary/aromatic N) is 2. The lowest BCUT2D eigenvalue weighted by Gasteiger charge is -2.03. The van der Waals surface area contributed by atoms with E-state index in [9.17, 15) is 9.59 Å². The van der Waals surface area contributed by atoms with Gasteiger partial charge in [-0.3, -0.25) is 10.2 Å². The summed E-state index contributed by atoms with van der Waals surface area (Å²) in [5.74, 6) is -1.42. The topological polar surface area (TPSA) is 113 Å². The molecule has 1 unspecified atom stereocenters. The molecule has 0 amide bonds. The number of allylic oxidation sites excluding steroid dienone is 1. The van der Waals surface area contributed by atoms with Crippen LogP contribution < -0.4 is 4.74 Å². The number of aryl methyl sites for hydroxylation is 1. The Hall–Kier alpha value is -2.52. The number of benzene rings is 1. The lowest BCUT2D eigenvalue weighted by Crippen LogP contribution is -2.11. The summed E-state index contributed by atoms with van der Waals surface area (Å²) in [6, 6.07) is 6.74. The van der Waals surface area contributed by atoms with Gasteiger partial charge in [0.15, 0.2) is 12.4 Å². The number of aromatic nitrogens is 2. The predicted molar refractivity (Wildman–Crippen MR) is 99.9 cm³/mol. The standard InChI is InChI=1S/C17H15N3O4S2/c1-2-12-19-20-17(26-12)14-15(23)11(25-16(14)18)7-9-3-5-10(6-4-9)24-8-13(21)22/h3-7,14,18H,2,8H2,1H3,(H,21,22). The molecule has 1 aliphatic heterocycles. The second kappa shape index (κ2) is 7.79. The Morgan fingerprint density at radius 2 is 2.08 bits per heavy atom. The van der Waals surface area contributed by atoms with Crippen molar-refractivity contribution in [2.45, 2.75) is 19.3 Å². The molecule has 134 valence electrons. The van der Waals surface area contributed by atoms with Crippen LogP contribution in [0.4, 0.5) is 0 Å². The van der Waals surface area contributed by atoms with Gasteiger partial charge in [-0.05, 0) is 30.2 Å². The first-order valence-electron chi connectivity index (χ1n) is 7.77. The van der Waals surface area contributed by atoms with Gasteiger partial charge in [0.05, 0.1) is 9.95 Å². The fourth-order valence-electron chi connectivity index (χ4n) is 2.30. The van der Waals surface area contributed by atoms with Gasteiger partial charge in [-0.2, -0.15) is 0 Å². The van der Waals surface area contributed by atoms with Crippen LogP contribution >= 0.6 is 23.1 Å². The molecule has 1 saturated heterocycles. The number of hydrogen-bond acceptors (Lipinski definition) is 8. The Morgan fingerprint density at radius 1 is 1.35 bits per heavy atom. The molecule has 1 fully saturated rings. The number of ketones is 1. The summed E-state index contributed by atoms with van der Waals surface area (Å²) in [5.41, 5.74) is 0.767. The minimum atomic E-state index is -1.04. The first kappa shape index (κ1) is 18.3. The monoisotopic (exact) mass is 389 g/mol. The van der Waals surface area contributed by atoms with Crippen molar-refractivity contribution in [3.8, 4) is 5.75 Å². The molecule has 1 atom stereocenters. The van der Waals surface area contributed by atoms with Crippen molar-refractivity contribution in [3.05, 3.63) is 44.7 Å². The van der Waals surface area contributed by atoms with E-state index in [0.29, 0.717) is 15.7 Å². The lowest BCUT2D eigenvalue weighted by molar-refractivity contribution is -0.139. The van der Waals surface area contributed by atoms with Crippen LogP contribution in [0.5, 0.6) is 5.75 Å². The van der Waals surface area contributed by atoms with Crippen LogP contribution in [0, 0.1) is 5.41 Å². The van der Waals surface area contributed by atoms with Gasteiger partial charge in [-0.1, -0.05) is 30.8 Å². The van der Waals surface area contributed by atoms with E-state index >= 15 is 0 Å². The van der Waals surface area contributed by atoms with Crippen molar-refractivity contribution in [1.82, 2.24) is 10.2 Å². The Labute approximate surface area is 157 Å². The van der Waals surface area contributed by atoms with Crippen LogP contribution in [0.2, 0.25) is 0 Å². The number of hydrogen-bond donors (Lipinski definition) is 2. The zero-order valence-corrected chi connectivity index (χ0v) is 15.4. The van der Waals surface area contributed by atoms with Gasteiger partial charge in [-0.25, -0.2) is 4.79 Å². The molecule has 26 heavy (non-hydrogen) atoms. The number of ether oxygens (including phenoxy) is 1. The molecule has 7 nitrogen and oxygen atoms in total. The summed E-state index contributed by atoms with van der Waals surface area (Å²) in [6.45, 7) is 1.56. The molecular formula is C17H15N3O4S2. The molecule has 0 saturated carbocycles. The third-order valence-electron chi connectivity index (χ3n) is 3.56. The van der Waals surface area contributed by atoms with E-state index in [2.05, 4.69) is 10.2 Å². The maximum atomic E-state index is 12.7. The number of carbonyl (C=O) groups is 2. The molecule has 0 radical (unpaired) electrons. The van der Waals surface area contributed by atoms with Gasteiger partial charge in [0.1, 0.15) is 21.7 Å². The van der Waals surface area contributed by atoms with Crippen LogP contribution in [0.15, 0.2) is 29.2 Å². The molecule has 2 heterocycles. The van der Waals surface area contributed by atoms with Gasteiger partial charge in [-0.15, -0.1) is 21.5 Å². The van der Waals surface area contributed by atoms with E-state index in [1.165, 1.54) is 11.3 Å². The van der Waals surface area contributed by atoms with Crippen molar-refractivity contribution in [2.75, 3.05) is 6.61 Å². The van der Waals surface area contributed by atoms with Crippen molar-refractivity contribution < 1.29 is 19.4 Å². The highest BCUT2D eigenvalue weighted by atomic mass is 32.2. The summed E-state index contributed by atoms with van der Waals surface area (Å²) in [5, 5.41) is 26.5. The van der Waals surface area contributed by atoms with Crippen molar-refractivity contribution >= 4 is 46.0 Å².